The molecular formula is C24H21N3O3. The van der Waals surface area contributed by atoms with Gasteiger partial charge < -0.3 is 14.8 Å². The molecule has 150 valence electrons. The van der Waals surface area contributed by atoms with Gasteiger partial charge in [-0.2, -0.15) is 5.26 Å². The zero-order valence-corrected chi connectivity index (χ0v) is 16.7. The summed E-state index contributed by atoms with van der Waals surface area (Å²) in [5.41, 5.74) is 3.34. The van der Waals surface area contributed by atoms with Crippen molar-refractivity contribution in [1.29, 1.82) is 5.26 Å². The molecule has 0 aliphatic rings. The molecule has 6 heteroatoms. The van der Waals surface area contributed by atoms with E-state index in [0.29, 0.717) is 22.8 Å². The number of allylic oxidation sites excluding steroid dienone is 1. The number of carbonyl (C=O) groups is 1. The van der Waals surface area contributed by atoms with Crippen LogP contribution in [-0.2, 0) is 0 Å². The number of hydrogen-bond donors (Lipinski definition) is 2. The lowest BCUT2D eigenvalue weighted by atomic mass is 10.0. The number of carbonyl (C=O) groups excluding carboxylic acids is 1. The standard InChI is InChI=1S/C24H21N3O3/c1-26-23-15-21(29-2)11-12-22(23)18(16-25)13-17-7-6-8-19(14-17)27-24(28)30-20-9-4-3-5-10-20/h3-15,26H,1-2H3,(H,27,28)/b18-13+. The average Bonchev–Trinajstić information content (AvgIpc) is 2.78. The normalized spacial score (nSPS) is 10.6. The van der Waals surface area contributed by atoms with Gasteiger partial charge in [-0.3, -0.25) is 5.32 Å². The Bertz CT molecular complexity index is 1100. The third-order valence-electron chi connectivity index (χ3n) is 4.30. The van der Waals surface area contributed by atoms with Gasteiger partial charge in [0.2, 0.25) is 0 Å². The number of benzene rings is 3. The summed E-state index contributed by atoms with van der Waals surface area (Å²) in [6, 6.07) is 23.7. The first-order valence-corrected chi connectivity index (χ1v) is 9.25. The molecule has 3 aromatic rings. The number of amides is 1. The molecule has 0 fully saturated rings. The third-order valence-corrected chi connectivity index (χ3v) is 4.30. The van der Waals surface area contributed by atoms with Crippen molar-refractivity contribution in [1.82, 2.24) is 0 Å². The van der Waals surface area contributed by atoms with E-state index in [1.807, 2.05) is 24.3 Å². The zero-order chi connectivity index (χ0) is 21.3. The van der Waals surface area contributed by atoms with Gasteiger partial charge in [0.1, 0.15) is 11.5 Å². The Hall–Kier alpha value is -4.24. The molecule has 0 unspecified atom stereocenters. The number of methoxy groups -OCH3 is 1. The van der Waals surface area contributed by atoms with E-state index in [-0.39, 0.29) is 0 Å². The second kappa shape index (κ2) is 9.80. The monoisotopic (exact) mass is 399 g/mol. The minimum atomic E-state index is -0.588. The lowest BCUT2D eigenvalue weighted by molar-refractivity contribution is 0.215. The molecule has 2 N–H and O–H groups in total. The Morgan fingerprint density at radius 1 is 1.00 bits per heavy atom. The van der Waals surface area contributed by atoms with E-state index in [4.69, 9.17) is 9.47 Å². The van der Waals surface area contributed by atoms with Gasteiger partial charge in [-0.15, -0.1) is 0 Å². The summed E-state index contributed by atoms with van der Waals surface area (Å²) in [5.74, 6) is 1.15. The van der Waals surface area contributed by atoms with Gasteiger partial charge in [-0.25, -0.2) is 4.79 Å². The van der Waals surface area contributed by atoms with Gasteiger partial charge in [0.05, 0.1) is 18.8 Å². The van der Waals surface area contributed by atoms with Crippen LogP contribution in [-0.4, -0.2) is 20.3 Å². The smallest absolute Gasteiger partial charge is 0.417 e. The SMILES string of the molecule is CNc1cc(OC)ccc1/C(C#N)=C/c1cccc(NC(=O)Oc2ccccc2)c1. The van der Waals surface area contributed by atoms with Crippen molar-refractivity contribution < 1.29 is 14.3 Å². The molecule has 6 nitrogen and oxygen atoms in total. The molecule has 0 aromatic heterocycles. The fraction of sp³-hybridized carbons (Fsp3) is 0.0833. The van der Waals surface area contributed by atoms with Crippen LogP contribution in [0.4, 0.5) is 16.2 Å². The van der Waals surface area contributed by atoms with Crippen molar-refractivity contribution in [3.63, 3.8) is 0 Å². The van der Waals surface area contributed by atoms with Crippen molar-refractivity contribution in [2.45, 2.75) is 0 Å². The van der Waals surface area contributed by atoms with Crippen LogP contribution < -0.4 is 20.1 Å². The molecule has 0 atom stereocenters. The topological polar surface area (TPSA) is 83.4 Å². The number of rotatable bonds is 6. The highest BCUT2D eigenvalue weighted by Gasteiger charge is 2.10. The van der Waals surface area contributed by atoms with E-state index in [9.17, 15) is 10.1 Å². The van der Waals surface area contributed by atoms with Crippen LogP contribution in [0.2, 0.25) is 0 Å². The van der Waals surface area contributed by atoms with E-state index in [0.717, 1.165) is 16.8 Å². The summed E-state index contributed by atoms with van der Waals surface area (Å²) in [7, 11) is 3.38. The van der Waals surface area contributed by atoms with Crippen LogP contribution in [0.5, 0.6) is 11.5 Å². The number of nitriles is 1. The van der Waals surface area contributed by atoms with Crippen molar-refractivity contribution in [2.24, 2.45) is 0 Å². The highest BCUT2D eigenvalue weighted by Crippen LogP contribution is 2.29. The molecule has 0 saturated heterocycles. The highest BCUT2D eigenvalue weighted by atomic mass is 16.6. The molecule has 0 saturated carbocycles. The van der Waals surface area contributed by atoms with Crippen LogP contribution >= 0.6 is 0 Å². The van der Waals surface area contributed by atoms with Crippen LogP contribution in [0.3, 0.4) is 0 Å². The first kappa shape index (κ1) is 20.5. The molecule has 30 heavy (non-hydrogen) atoms. The maximum atomic E-state index is 12.1. The van der Waals surface area contributed by atoms with Crippen molar-refractivity contribution in [3.8, 4) is 17.6 Å². The van der Waals surface area contributed by atoms with Crippen molar-refractivity contribution in [3.05, 3.63) is 83.9 Å². The fourth-order valence-corrected chi connectivity index (χ4v) is 2.87. The van der Waals surface area contributed by atoms with E-state index in [1.165, 1.54) is 0 Å². The fourth-order valence-electron chi connectivity index (χ4n) is 2.87. The van der Waals surface area contributed by atoms with Crippen LogP contribution in [0, 0.1) is 11.3 Å². The van der Waals surface area contributed by atoms with E-state index in [1.54, 1.807) is 68.8 Å². The molecular weight excluding hydrogens is 378 g/mol. The number of nitrogens with one attached hydrogen (secondary N) is 2. The predicted molar refractivity (Wildman–Crippen MR) is 119 cm³/mol. The molecule has 3 aromatic carbocycles. The predicted octanol–water partition coefficient (Wildman–Crippen LogP) is 5.41. The number of ether oxygens (including phenoxy) is 2. The summed E-state index contributed by atoms with van der Waals surface area (Å²) < 4.78 is 10.5. The molecule has 3 rings (SSSR count). The average molecular weight is 399 g/mol. The number of nitrogens with zero attached hydrogens (tertiary/aromatic N) is 1. The summed E-state index contributed by atoms with van der Waals surface area (Å²) in [5, 5.41) is 15.5. The van der Waals surface area contributed by atoms with Crippen LogP contribution in [0.25, 0.3) is 11.6 Å². The number of hydrogen-bond acceptors (Lipinski definition) is 5. The highest BCUT2D eigenvalue weighted by molar-refractivity contribution is 5.95. The zero-order valence-electron chi connectivity index (χ0n) is 16.7. The van der Waals surface area contributed by atoms with Crippen LogP contribution in [0.1, 0.15) is 11.1 Å². The molecule has 0 aliphatic carbocycles. The van der Waals surface area contributed by atoms with Gasteiger partial charge in [-0.1, -0.05) is 30.3 Å². The summed E-state index contributed by atoms with van der Waals surface area (Å²) >= 11 is 0. The number of anilines is 2. The van der Waals surface area contributed by atoms with E-state index < -0.39 is 6.09 Å². The second-order valence-electron chi connectivity index (χ2n) is 6.28. The van der Waals surface area contributed by atoms with Gasteiger partial charge >= 0.3 is 6.09 Å². The largest absolute Gasteiger partial charge is 0.497 e. The molecule has 0 aliphatic heterocycles. The van der Waals surface area contributed by atoms with Gasteiger partial charge in [-0.05, 0) is 48.0 Å². The Balaban J connectivity index is 1.81. The minimum Gasteiger partial charge on any atom is -0.497 e. The Morgan fingerprint density at radius 2 is 1.80 bits per heavy atom. The number of para-hydroxylation sites is 1. The van der Waals surface area contributed by atoms with Gasteiger partial charge in [0, 0.05) is 30.1 Å². The summed E-state index contributed by atoms with van der Waals surface area (Å²) in [6.07, 6.45) is 1.17. The maximum absolute atomic E-state index is 12.1. The maximum Gasteiger partial charge on any atom is 0.417 e. The lowest BCUT2D eigenvalue weighted by Gasteiger charge is -2.11. The van der Waals surface area contributed by atoms with Crippen LogP contribution in [0.15, 0.2) is 72.8 Å². The lowest BCUT2D eigenvalue weighted by Crippen LogP contribution is -2.16. The third kappa shape index (κ3) is 5.18. The quantitative estimate of drug-likeness (QED) is 0.428. The van der Waals surface area contributed by atoms with Gasteiger partial charge in [0.25, 0.3) is 0 Å². The Labute approximate surface area is 175 Å². The Kier molecular flexibility index (Phi) is 6.70. The first-order valence-electron chi connectivity index (χ1n) is 9.25. The summed E-state index contributed by atoms with van der Waals surface area (Å²) in [6.45, 7) is 0. The first-order chi connectivity index (χ1) is 14.6. The van der Waals surface area contributed by atoms with E-state index >= 15 is 0 Å². The second-order valence-corrected chi connectivity index (χ2v) is 6.28. The van der Waals surface area contributed by atoms with Gasteiger partial charge in [0.15, 0.2) is 0 Å². The molecule has 0 radical (unpaired) electrons. The van der Waals surface area contributed by atoms with Crippen molar-refractivity contribution in [2.75, 3.05) is 24.8 Å². The van der Waals surface area contributed by atoms with E-state index in [2.05, 4.69) is 16.7 Å². The molecule has 1 amide bonds. The van der Waals surface area contributed by atoms with Crippen molar-refractivity contribution >= 4 is 29.1 Å². The minimum absolute atomic E-state index is 0.455. The Morgan fingerprint density at radius 3 is 2.50 bits per heavy atom. The molecule has 0 bridgehead atoms. The molecule has 0 heterocycles. The summed E-state index contributed by atoms with van der Waals surface area (Å²) in [4.78, 5) is 12.1. The molecule has 0 spiro atoms.